The Balaban J connectivity index is 1.82. The molecule has 2 aromatic heterocycles. The van der Waals surface area contributed by atoms with Gasteiger partial charge in [0.05, 0.1) is 18.1 Å². The van der Waals surface area contributed by atoms with Crippen LogP contribution in [0.15, 0.2) is 55.4 Å². The van der Waals surface area contributed by atoms with Crippen molar-refractivity contribution in [2.24, 2.45) is 0 Å². The lowest BCUT2D eigenvalue weighted by Crippen LogP contribution is -2.11. The van der Waals surface area contributed by atoms with Crippen molar-refractivity contribution < 1.29 is 4.79 Å². The number of hydrogen-bond acceptors (Lipinski definition) is 3. The summed E-state index contributed by atoms with van der Waals surface area (Å²) in [5, 5.41) is 9.17. The SMILES string of the molecule is O=C(Nc1cccc(-n2ccnc2)c1)c1cn[nH]c1. The van der Waals surface area contributed by atoms with E-state index in [1.807, 2.05) is 35.0 Å². The van der Waals surface area contributed by atoms with Gasteiger partial charge >= 0.3 is 0 Å². The maximum Gasteiger partial charge on any atom is 0.258 e. The first-order valence-corrected chi connectivity index (χ1v) is 5.71. The van der Waals surface area contributed by atoms with E-state index in [-0.39, 0.29) is 5.91 Å². The third kappa shape index (κ3) is 2.37. The highest BCUT2D eigenvalue weighted by atomic mass is 16.1. The number of anilines is 1. The van der Waals surface area contributed by atoms with E-state index < -0.39 is 0 Å². The predicted molar refractivity (Wildman–Crippen MR) is 70.1 cm³/mol. The largest absolute Gasteiger partial charge is 0.322 e. The Bertz CT molecular complexity index is 673. The van der Waals surface area contributed by atoms with E-state index in [0.717, 1.165) is 11.4 Å². The highest BCUT2D eigenvalue weighted by Crippen LogP contribution is 2.15. The number of amides is 1. The molecule has 0 aliphatic carbocycles. The molecule has 3 rings (SSSR count). The smallest absolute Gasteiger partial charge is 0.258 e. The van der Waals surface area contributed by atoms with Gasteiger partial charge in [0, 0.05) is 30.0 Å². The molecule has 1 amide bonds. The van der Waals surface area contributed by atoms with Crippen LogP contribution in [0.3, 0.4) is 0 Å². The molecule has 94 valence electrons. The summed E-state index contributed by atoms with van der Waals surface area (Å²) in [6, 6.07) is 7.52. The molecule has 2 heterocycles. The van der Waals surface area contributed by atoms with Crippen molar-refractivity contribution in [1.29, 1.82) is 0 Å². The average molecular weight is 253 g/mol. The van der Waals surface area contributed by atoms with Crippen LogP contribution in [0.4, 0.5) is 5.69 Å². The molecular formula is C13H11N5O. The number of carbonyl (C=O) groups is 1. The molecule has 0 atom stereocenters. The number of H-pyrrole nitrogens is 1. The van der Waals surface area contributed by atoms with Gasteiger partial charge in [0.1, 0.15) is 0 Å². The first-order valence-electron chi connectivity index (χ1n) is 5.71. The summed E-state index contributed by atoms with van der Waals surface area (Å²) in [6.45, 7) is 0. The molecule has 0 saturated carbocycles. The maximum atomic E-state index is 11.9. The number of carbonyl (C=O) groups excluding carboxylic acids is 1. The van der Waals surface area contributed by atoms with Crippen LogP contribution in [0.5, 0.6) is 0 Å². The fourth-order valence-electron chi connectivity index (χ4n) is 1.73. The van der Waals surface area contributed by atoms with Crippen LogP contribution in [-0.4, -0.2) is 25.7 Å². The number of benzene rings is 1. The molecule has 6 nitrogen and oxygen atoms in total. The number of aromatic nitrogens is 4. The highest BCUT2D eigenvalue weighted by molar-refractivity contribution is 6.04. The van der Waals surface area contributed by atoms with Crippen LogP contribution >= 0.6 is 0 Å². The van der Waals surface area contributed by atoms with Crippen molar-refractivity contribution >= 4 is 11.6 Å². The molecule has 0 aliphatic heterocycles. The quantitative estimate of drug-likeness (QED) is 0.748. The Hall–Kier alpha value is -2.89. The van der Waals surface area contributed by atoms with Crippen LogP contribution in [0.25, 0.3) is 5.69 Å². The van der Waals surface area contributed by atoms with Crippen LogP contribution in [0, 0.1) is 0 Å². The van der Waals surface area contributed by atoms with Gasteiger partial charge in [-0.1, -0.05) is 6.07 Å². The molecule has 1 aromatic carbocycles. The summed E-state index contributed by atoms with van der Waals surface area (Å²) in [4.78, 5) is 15.9. The molecule has 0 bridgehead atoms. The number of aromatic amines is 1. The third-order valence-corrected chi connectivity index (χ3v) is 2.67. The Kier molecular flexibility index (Phi) is 2.82. The molecule has 0 radical (unpaired) electrons. The first-order chi connectivity index (χ1) is 9.33. The minimum atomic E-state index is -0.198. The van der Waals surface area contributed by atoms with Crippen molar-refractivity contribution in [1.82, 2.24) is 19.7 Å². The van der Waals surface area contributed by atoms with Gasteiger partial charge < -0.3 is 9.88 Å². The summed E-state index contributed by atoms with van der Waals surface area (Å²) in [7, 11) is 0. The third-order valence-electron chi connectivity index (χ3n) is 2.67. The molecule has 0 aliphatic rings. The van der Waals surface area contributed by atoms with Crippen LogP contribution < -0.4 is 5.32 Å². The van der Waals surface area contributed by atoms with Crippen molar-refractivity contribution in [3.63, 3.8) is 0 Å². The Morgan fingerprint density at radius 3 is 3.05 bits per heavy atom. The average Bonchev–Trinajstić information content (AvgIpc) is 3.13. The first kappa shape index (κ1) is 11.2. The number of nitrogens with zero attached hydrogens (tertiary/aromatic N) is 3. The molecular weight excluding hydrogens is 242 g/mol. The summed E-state index contributed by atoms with van der Waals surface area (Å²) < 4.78 is 1.87. The van der Waals surface area contributed by atoms with E-state index in [1.54, 1.807) is 18.7 Å². The normalized spacial score (nSPS) is 10.3. The van der Waals surface area contributed by atoms with Crippen molar-refractivity contribution in [3.8, 4) is 5.69 Å². The van der Waals surface area contributed by atoms with Gasteiger partial charge in [-0.25, -0.2) is 4.98 Å². The zero-order valence-corrected chi connectivity index (χ0v) is 9.95. The second-order valence-electron chi connectivity index (χ2n) is 3.96. The molecule has 0 unspecified atom stereocenters. The lowest BCUT2D eigenvalue weighted by molar-refractivity contribution is 0.102. The van der Waals surface area contributed by atoms with Crippen molar-refractivity contribution in [2.75, 3.05) is 5.32 Å². The zero-order valence-electron chi connectivity index (χ0n) is 9.95. The van der Waals surface area contributed by atoms with Crippen molar-refractivity contribution in [3.05, 3.63) is 60.9 Å². The predicted octanol–water partition coefficient (Wildman–Crippen LogP) is 1.85. The number of hydrogen-bond donors (Lipinski definition) is 2. The summed E-state index contributed by atoms with van der Waals surface area (Å²) in [6.07, 6.45) is 8.29. The topological polar surface area (TPSA) is 75.6 Å². The number of imidazole rings is 1. The monoisotopic (exact) mass is 253 g/mol. The molecule has 2 N–H and O–H groups in total. The van der Waals surface area contributed by atoms with Crippen LogP contribution in [0.1, 0.15) is 10.4 Å². The fourth-order valence-corrected chi connectivity index (χ4v) is 1.73. The molecule has 6 heteroatoms. The van der Waals surface area contributed by atoms with Gasteiger partial charge in [0.2, 0.25) is 0 Å². The summed E-state index contributed by atoms with van der Waals surface area (Å²) >= 11 is 0. The lowest BCUT2D eigenvalue weighted by Gasteiger charge is -2.07. The number of nitrogens with one attached hydrogen (secondary N) is 2. The van der Waals surface area contributed by atoms with Gasteiger partial charge in [-0.2, -0.15) is 5.10 Å². The minimum Gasteiger partial charge on any atom is -0.322 e. The summed E-state index contributed by atoms with van der Waals surface area (Å²) in [5.74, 6) is -0.198. The van der Waals surface area contributed by atoms with Gasteiger partial charge in [-0.3, -0.25) is 9.89 Å². The van der Waals surface area contributed by atoms with Crippen molar-refractivity contribution in [2.45, 2.75) is 0 Å². The number of rotatable bonds is 3. The zero-order chi connectivity index (χ0) is 13.1. The maximum absolute atomic E-state index is 11.9. The van der Waals surface area contributed by atoms with Crippen LogP contribution in [-0.2, 0) is 0 Å². The Morgan fingerprint density at radius 2 is 2.32 bits per heavy atom. The van der Waals surface area contributed by atoms with E-state index in [0.29, 0.717) is 5.56 Å². The molecule has 0 fully saturated rings. The van der Waals surface area contributed by atoms with E-state index in [1.165, 1.54) is 6.20 Å². The van der Waals surface area contributed by atoms with Gasteiger partial charge in [-0.15, -0.1) is 0 Å². The fraction of sp³-hybridized carbons (Fsp3) is 0. The second-order valence-corrected chi connectivity index (χ2v) is 3.96. The Morgan fingerprint density at radius 1 is 1.37 bits per heavy atom. The summed E-state index contributed by atoms with van der Waals surface area (Å²) in [5.41, 5.74) is 2.15. The highest BCUT2D eigenvalue weighted by Gasteiger charge is 2.07. The van der Waals surface area contributed by atoms with Gasteiger partial charge in [0.25, 0.3) is 5.91 Å². The standard InChI is InChI=1S/C13H11N5O/c19-13(10-7-15-16-8-10)17-11-2-1-3-12(6-11)18-5-4-14-9-18/h1-9H,(H,15,16)(H,17,19). The van der Waals surface area contributed by atoms with E-state index >= 15 is 0 Å². The van der Waals surface area contributed by atoms with Crippen LogP contribution in [0.2, 0.25) is 0 Å². The van der Waals surface area contributed by atoms with E-state index in [4.69, 9.17) is 0 Å². The lowest BCUT2D eigenvalue weighted by atomic mass is 10.2. The van der Waals surface area contributed by atoms with Gasteiger partial charge in [-0.05, 0) is 18.2 Å². The molecule has 19 heavy (non-hydrogen) atoms. The van der Waals surface area contributed by atoms with E-state index in [2.05, 4.69) is 20.5 Å². The second kappa shape index (κ2) is 4.77. The Labute approximate surface area is 109 Å². The van der Waals surface area contributed by atoms with E-state index in [9.17, 15) is 4.79 Å². The molecule has 0 spiro atoms. The minimum absolute atomic E-state index is 0.198. The van der Waals surface area contributed by atoms with Gasteiger partial charge in [0.15, 0.2) is 0 Å². The molecule has 0 saturated heterocycles. The molecule has 3 aromatic rings.